The third-order valence-corrected chi connectivity index (χ3v) is 13.6. The molecule has 0 saturated carbocycles. The lowest BCUT2D eigenvalue weighted by Gasteiger charge is -2.32. The molecule has 0 aliphatic rings. The number of rotatable bonds is 12. The van der Waals surface area contributed by atoms with Gasteiger partial charge in [0.1, 0.15) is 0 Å². The highest BCUT2D eigenvalue weighted by molar-refractivity contribution is 7.88. The molecule has 59 heavy (non-hydrogen) atoms. The second-order valence-corrected chi connectivity index (χ2v) is 17.0. The first kappa shape index (κ1) is 46.8. The summed E-state index contributed by atoms with van der Waals surface area (Å²) < 4.78 is 165. The van der Waals surface area contributed by atoms with Gasteiger partial charge in [0.2, 0.25) is 5.91 Å². The van der Waals surface area contributed by atoms with Crippen LogP contribution in [-0.4, -0.2) is 30.6 Å². The zero-order valence-corrected chi connectivity index (χ0v) is 32.7. The van der Waals surface area contributed by atoms with E-state index in [1.54, 1.807) is 91.0 Å². The SMILES string of the molecule is O=C(CNC(=O)c1cc(C(F)(F)F)cc(C(F)(F)F)c1)N[C@@H](Cc1ccccc1)C[P+](Cc1cc(C(F)(F)F)cc(C(F)(F)F)c1)(c1ccccc1)c1ccccc1.[Br-]. The van der Waals surface area contributed by atoms with Gasteiger partial charge in [0.25, 0.3) is 5.91 Å². The molecule has 18 heteroatoms. The van der Waals surface area contributed by atoms with E-state index in [-0.39, 0.29) is 65.6 Å². The maximum absolute atomic E-state index is 14.1. The molecular formula is C41H32BrF12N2O2P. The van der Waals surface area contributed by atoms with E-state index in [4.69, 9.17) is 0 Å². The highest BCUT2D eigenvalue weighted by Crippen LogP contribution is 2.60. The number of halogens is 13. The second kappa shape index (κ2) is 18.6. The fraction of sp³-hybridized carbons (Fsp3) is 0.220. The Kier molecular flexibility index (Phi) is 14.7. The van der Waals surface area contributed by atoms with Gasteiger partial charge in [0, 0.05) is 5.56 Å². The van der Waals surface area contributed by atoms with E-state index in [0.29, 0.717) is 28.3 Å². The average Bonchev–Trinajstić information content (AvgIpc) is 3.16. The van der Waals surface area contributed by atoms with Gasteiger partial charge in [-0.15, -0.1) is 0 Å². The lowest BCUT2D eigenvalue weighted by molar-refractivity contribution is -0.144. The van der Waals surface area contributed by atoms with Crippen LogP contribution in [0, 0.1) is 0 Å². The van der Waals surface area contributed by atoms with Crippen LogP contribution >= 0.6 is 7.26 Å². The molecule has 0 aromatic heterocycles. The number of alkyl halides is 12. The molecule has 5 aromatic carbocycles. The lowest BCUT2D eigenvalue weighted by atomic mass is 10.0. The van der Waals surface area contributed by atoms with Gasteiger partial charge in [-0.25, -0.2) is 0 Å². The molecule has 2 amide bonds. The Morgan fingerprint density at radius 3 is 1.32 bits per heavy atom. The molecule has 2 N–H and O–H groups in total. The Bertz CT molecular complexity index is 2090. The van der Waals surface area contributed by atoms with Crippen molar-refractivity contribution >= 4 is 29.7 Å². The molecule has 4 nitrogen and oxygen atoms in total. The van der Waals surface area contributed by atoms with Crippen molar-refractivity contribution in [2.45, 2.75) is 43.3 Å². The summed E-state index contributed by atoms with van der Waals surface area (Å²) in [5, 5.41) is 5.93. The number of hydrogen-bond donors (Lipinski definition) is 2. The van der Waals surface area contributed by atoms with Crippen molar-refractivity contribution in [1.82, 2.24) is 10.6 Å². The third-order valence-electron chi connectivity index (χ3n) is 9.08. The Hall–Kier alpha value is -4.89. The number of nitrogens with one attached hydrogen (secondary N) is 2. The normalized spacial score (nSPS) is 12.9. The van der Waals surface area contributed by atoms with Crippen LogP contribution in [0.2, 0.25) is 0 Å². The van der Waals surface area contributed by atoms with Crippen LogP contribution in [0.4, 0.5) is 52.7 Å². The fourth-order valence-corrected chi connectivity index (χ4v) is 11.0. The lowest BCUT2D eigenvalue weighted by Crippen LogP contribution is -3.00. The number of amides is 2. The summed E-state index contributed by atoms with van der Waals surface area (Å²) in [7, 11) is -3.20. The topological polar surface area (TPSA) is 58.2 Å². The first-order valence-electron chi connectivity index (χ1n) is 17.2. The van der Waals surface area contributed by atoms with Crippen molar-refractivity contribution < 1.29 is 79.3 Å². The molecule has 0 unspecified atom stereocenters. The van der Waals surface area contributed by atoms with Crippen molar-refractivity contribution in [3.63, 3.8) is 0 Å². The van der Waals surface area contributed by atoms with Crippen molar-refractivity contribution in [2.24, 2.45) is 0 Å². The number of carbonyl (C=O) groups is 2. The van der Waals surface area contributed by atoms with Crippen molar-refractivity contribution in [3.05, 3.63) is 166 Å². The second-order valence-electron chi connectivity index (χ2n) is 13.3. The van der Waals surface area contributed by atoms with Crippen LogP contribution in [0.25, 0.3) is 0 Å². The molecule has 5 rings (SSSR count). The van der Waals surface area contributed by atoms with E-state index in [2.05, 4.69) is 5.32 Å². The number of carbonyl (C=O) groups excluding carboxylic acids is 2. The fourth-order valence-electron chi connectivity index (χ4n) is 6.52. The van der Waals surface area contributed by atoms with Gasteiger partial charge in [0.05, 0.1) is 65.0 Å². The largest absolute Gasteiger partial charge is 1.00 e. The van der Waals surface area contributed by atoms with E-state index in [0.717, 1.165) is 0 Å². The zero-order chi connectivity index (χ0) is 42.5. The Morgan fingerprint density at radius 2 is 0.915 bits per heavy atom. The highest BCUT2D eigenvalue weighted by atomic mass is 79.9. The zero-order valence-electron chi connectivity index (χ0n) is 30.2. The van der Waals surface area contributed by atoms with Gasteiger partial charge in [-0.3, -0.25) is 9.59 Å². The van der Waals surface area contributed by atoms with Crippen molar-refractivity contribution in [2.75, 3.05) is 12.7 Å². The van der Waals surface area contributed by atoms with E-state index in [9.17, 15) is 62.3 Å². The molecule has 0 bridgehead atoms. The summed E-state index contributed by atoms with van der Waals surface area (Å²) in [6.07, 6.45) is -21.1. The Morgan fingerprint density at radius 1 is 0.525 bits per heavy atom. The molecule has 0 aliphatic carbocycles. The van der Waals surface area contributed by atoms with Crippen LogP contribution < -0.4 is 38.2 Å². The van der Waals surface area contributed by atoms with Crippen LogP contribution in [0.3, 0.4) is 0 Å². The van der Waals surface area contributed by atoms with E-state index < -0.39 is 84.2 Å². The van der Waals surface area contributed by atoms with Crippen LogP contribution in [0.5, 0.6) is 0 Å². The first-order valence-corrected chi connectivity index (χ1v) is 19.4. The Labute approximate surface area is 341 Å². The van der Waals surface area contributed by atoms with E-state index in [1.807, 2.05) is 5.32 Å². The minimum absolute atomic E-state index is 0. The summed E-state index contributed by atoms with van der Waals surface area (Å²) in [6.45, 7) is -0.924. The monoisotopic (exact) mass is 922 g/mol. The Balaban J connectivity index is 0.00000769. The molecule has 0 fully saturated rings. The quantitative estimate of drug-likeness (QED) is 0.104. The summed E-state index contributed by atoms with van der Waals surface area (Å²) in [6, 6.07) is 25.9. The maximum Gasteiger partial charge on any atom is 0.416 e. The molecule has 0 spiro atoms. The van der Waals surface area contributed by atoms with Crippen molar-refractivity contribution in [3.8, 4) is 0 Å². The predicted molar refractivity (Wildman–Crippen MR) is 195 cm³/mol. The molecule has 1 atom stereocenters. The van der Waals surface area contributed by atoms with E-state index >= 15 is 0 Å². The standard InChI is InChI=1S/C41H31F12N2O2P.BrH/c42-38(43,44)29-16-27(17-30(21-29)39(45,46)47)24-58(34-12-6-2-7-13-34,35-14-8-3-9-15-35)25-33(18-26-10-4-1-5-11-26)55-36(56)23-54-37(57)28-19-31(40(48,49)50)22-32(20-28)41(51,52)53;/h1-17,19-22,33H,18,23-25H2,(H-,54,55,56,57);1H/t33-;/m0./s1. The van der Waals surface area contributed by atoms with Gasteiger partial charge >= 0.3 is 24.7 Å². The van der Waals surface area contributed by atoms with Gasteiger partial charge in [-0.2, -0.15) is 52.7 Å². The minimum atomic E-state index is -5.24. The van der Waals surface area contributed by atoms with Crippen molar-refractivity contribution in [1.29, 1.82) is 0 Å². The average molecular weight is 924 g/mol. The third kappa shape index (κ3) is 12.3. The molecule has 0 heterocycles. The van der Waals surface area contributed by atoms with Gasteiger partial charge < -0.3 is 27.6 Å². The first-order chi connectivity index (χ1) is 27.0. The van der Waals surface area contributed by atoms with Crippen LogP contribution in [-0.2, 0) is 42.1 Å². The molecule has 314 valence electrons. The minimum Gasteiger partial charge on any atom is -1.00 e. The van der Waals surface area contributed by atoms with E-state index in [1.165, 1.54) is 0 Å². The molecule has 0 aliphatic heterocycles. The highest BCUT2D eigenvalue weighted by Gasteiger charge is 2.47. The van der Waals surface area contributed by atoms with Crippen LogP contribution in [0.15, 0.2) is 127 Å². The summed E-state index contributed by atoms with van der Waals surface area (Å²) in [4.78, 5) is 26.4. The number of hydrogen-bond acceptors (Lipinski definition) is 2. The molecular weight excluding hydrogens is 891 g/mol. The maximum atomic E-state index is 14.1. The molecule has 0 radical (unpaired) electrons. The summed E-state index contributed by atoms with van der Waals surface area (Å²) >= 11 is 0. The predicted octanol–water partition coefficient (Wildman–Crippen LogP) is 7.09. The smallest absolute Gasteiger partial charge is 0.416 e. The van der Waals surface area contributed by atoms with Gasteiger partial charge in [0.15, 0.2) is 0 Å². The van der Waals surface area contributed by atoms with Gasteiger partial charge in [-0.05, 0) is 78.2 Å². The molecule has 0 saturated heterocycles. The summed E-state index contributed by atoms with van der Waals surface area (Å²) in [5.74, 6) is -2.36. The van der Waals surface area contributed by atoms with Crippen LogP contribution in [0.1, 0.15) is 43.7 Å². The summed E-state index contributed by atoms with van der Waals surface area (Å²) in [5.41, 5.74) is -7.16. The molecule has 5 aromatic rings. The number of benzene rings is 5. The van der Waals surface area contributed by atoms with Gasteiger partial charge in [-0.1, -0.05) is 66.7 Å².